The summed E-state index contributed by atoms with van der Waals surface area (Å²) in [6, 6.07) is 16.8. The third-order valence-electron chi connectivity index (χ3n) is 4.63. The minimum atomic E-state index is -0.269. The van der Waals surface area contributed by atoms with Crippen LogP contribution in [0.2, 0.25) is 10.0 Å². The van der Waals surface area contributed by atoms with Gasteiger partial charge in [-0.25, -0.2) is 0 Å². The van der Waals surface area contributed by atoms with Gasteiger partial charge in [0.25, 0.3) is 0 Å². The number of aromatic nitrogens is 3. The van der Waals surface area contributed by atoms with E-state index in [0.29, 0.717) is 26.8 Å². The minimum Gasteiger partial charge on any atom is -0.322 e. The Morgan fingerprint density at radius 1 is 0.967 bits per heavy atom. The van der Waals surface area contributed by atoms with Crippen molar-refractivity contribution >= 4 is 51.9 Å². The zero-order chi connectivity index (χ0) is 21.3. The molecule has 30 heavy (non-hydrogen) atoms. The predicted octanol–water partition coefficient (Wildman–Crippen LogP) is 6.00. The van der Waals surface area contributed by atoms with Gasteiger partial charge < -0.3 is 5.32 Å². The molecule has 0 saturated carbocycles. The third kappa shape index (κ3) is 4.37. The van der Waals surface area contributed by atoms with Gasteiger partial charge in [-0.05, 0) is 67.4 Å². The molecule has 0 saturated heterocycles. The molecule has 1 heterocycles. The lowest BCUT2D eigenvalue weighted by Gasteiger charge is -2.06. The number of fused-ring (bicyclic) bond motifs is 1. The highest BCUT2D eigenvalue weighted by atomic mass is 35.5. The van der Waals surface area contributed by atoms with Crippen LogP contribution in [0.5, 0.6) is 0 Å². The molecule has 150 valence electrons. The van der Waals surface area contributed by atoms with E-state index in [1.165, 1.54) is 11.6 Å². The molecule has 3 aromatic carbocycles. The van der Waals surface area contributed by atoms with Gasteiger partial charge in [0, 0.05) is 21.8 Å². The van der Waals surface area contributed by atoms with E-state index in [-0.39, 0.29) is 5.91 Å². The Labute approximate surface area is 183 Å². The lowest BCUT2D eigenvalue weighted by atomic mass is 10.1. The van der Waals surface area contributed by atoms with E-state index in [2.05, 4.69) is 15.5 Å². The average Bonchev–Trinajstić information content (AvgIpc) is 3.10. The molecule has 0 radical (unpaired) electrons. The van der Waals surface area contributed by atoms with Crippen molar-refractivity contribution in [1.82, 2.24) is 15.0 Å². The van der Waals surface area contributed by atoms with Gasteiger partial charge in [-0.1, -0.05) is 47.0 Å². The largest absolute Gasteiger partial charge is 0.322 e. The van der Waals surface area contributed by atoms with E-state index >= 15 is 0 Å². The summed E-state index contributed by atoms with van der Waals surface area (Å²) in [4.78, 5) is 14.0. The van der Waals surface area contributed by atoms with Crippen molar-refractivity contribution in [3.05, 3.63) is 87.4 Å². The summed E-state index contributed by atoms with van der Waals surface area (Å²) in [6.07, 6.45) is 3.08. The summed E-state index contributed by atoms with van der Waals surface area (Å²) >= 11 is 12.0. The van der Waals surface area contributed by atoms with Gasteiger partial charge >= 0.3 is 0 Å². The molecule has 0 aliphatic rings. The molecular weight excluding hydrogens is 419 g/mol. The van der Waals surface area contributed by atoms with Crippen molar-refractivity contribution in [3.63, 3.8) is 0 Å². The van der Waals surface area contributed by atoms with Crippen molar-refractivity contribution in [2.45, 2.75) is 13.8 Å². The number of rotatable bonds is 4. The normalized spacial score (nSPS) is 11.3. The number of nitrogens with one attached hydrogen (secondary N) is 1. The number of hydrogen-bond acceptors (Lipinski definition) is 3. The summed E-state index contributed by atoms with van der Waals surface area (Å²) in [7, 11) is 0. The van der Waals surface area contributed by atoms with E-state index in [1.54, 1.807) is 29.1 Å². The zero-order valence-electron chi connectivity index (χ0n) is 16.4. The highest BCUT2D eigenvalue weighted by Crippen LogP contribution is 2.24. The molecule has 0 aliphatic carbocycles. The maximum atomic E-state index is 12.4. The number of nitrogens with zero attached hydrogens (tertiary/aromatic N) is 3. The summed E-state index contributed by atoms with van der Waals surface area (Å²) in [5.74, 6) is -0.269. The Morgan fingerprint density at radius 3 is 2.37 bits per heavy atom. The SMILES string of the molecule is Cc1ccc(-n2nc3cc(C)c(NC(=O)C=Cc4ccc(Cl)cc4Cl)cc3n2)cc1. The van der Waals surface area contributed by atoms with Crippen molar-refractivity contribution in [1.29, 1.82) is 0 Å². The molecule has 0 unspecified atom stereocenters. The van der Waals surface area contributed by atoms with Crippen molar-refractivity contribution in [3.8, 4) is 5.69 Å². The quantitative estimate of drug-likeness (QED) is 0.399. The second-order valence-electron chi connectivity index (χ2n) is 6.97. The van der Waals surface area contributed by atoms with Gasteiger partial charge in [-0.2, -0.15) is 4.80 Å². The molecule has 4 aromatic rings. The van der Waals surface area contributed by atoms with E-state index in [1.807, 2.05) is 50.2 Å². The topological polar surface area (TPSA) is 59.8 Å². The van der Waals surface area contributed by atoms with Crippen molar-refractivity contribution in [2.24, 2.45) is 0 Å². The first kappa shape index (κ1) is 20.1. The second kappa shape index (κ2) is 8.30. The first-order chi connectivity index (χ1) is 14.4. The maximum Gasteiger partial charge on any atom is 0.248 e. The van der Waals surface area contributed by atoms with Crippen LogP contribution in [0, 0.1) is 13.8 Å². The van der Waals surface area contributed by atoms with Gasteiger partial charge in [0.15, 0.2) is 0 Å². The summed E-state index contributed by atoms with van der Waals surface area (Å²) in [6.45, 7) is 3.95. The molecule has 0 atom stereocenters. The lowest BCUT2D eigenvalue weighted by molar-refractivity contribution is -0.111. The predicted molar refractivity (Wildman–Crippen MR) is 122 cm³/mol. The number of halogens is 2. The van der Waals surface area contributed by atoms with Gasteiger partial charge in [0.05, 0.1) is 5.69 Å². The van der Waals surface area contributed by atoms with E-state index in [4.69, 9.17) is 23.2 Å². The lowest BCUT2D eigenvalue weighted by Crippen LogP contribution is -2.09. The first-order valence-electron chi connectivity index (χ1n) is 9.28. The molecule has 1 N–H and O–H groups in total. The van der Waals surface area contributed by atoms with Crippen LogP contribution in [0.3, 0.4) is 0 Å². The molecule has 0 aliphatic heterocycles. The van der Waals surface area contributed by atoms with E-state index in [9.17, 15) is 4.79 Å². The van der Waals surface area contributed by atoms with Crippen LogP contribution in [0.25, 0.3) is 22.8 Å². The minimum absolute atomic E-state index is 0.269. The number of anilines is 1. The van der Waals surface area contributed by atoms with E-state index in [0.717, 1.165) is 16.8 Å². The zero-order valence-corrected chi connectivity index (χ0v) is 17.9. The fraction of sp³-hybridized carbons (Fsp3) is 0.0870. The third-order valence-corrected chi connectivity index (χ3v) is 5.19. The average molecular weight is 437 g/mol. The second-order valence-corrected chi connectivity index (χ2v) is 7.81. The fourth-order valence-electron chi connectivity index (χ4n) is 2.97. The Morgan fingerprint density at radius 2 is 1.67 bits per heavy atom. The molecule has 1 aromatic heterocycles. The van der Waals surface area contributed by atoms with Crippen molar-refractivity contribution in [2.75, 3.05) is 5.32 Å². The number of amides is 1. The van der Waals surface area contributed by atoms with Crippen LogP contribution in [0.15, 0.2) is 60.7 Å². The fourth-order valence-corrected chi connectivity index (χ4v) is 3.44. The Hall–Kier alpha value is -3.15. The Kier molecular flexibility index (Phi) is 5.57. The van der Waals surface area contributed by atoms with Gasteiger partial charge in [-0.15, -0.1) is 10.2 Å². The smallest absolute Gasteiger partial charge is 0.248 e. The number of hydrogen-bond donors (Lipinski definition) is 1. The van der Waals surface area contributed by atoms with Crippen LogP contribution < -0.4 is 5.32 Å². The molecule has 0 spiro atoms. The van der Waals surface area contributed by atoms with E-state index < -0.39 is 0 Å². The van der Waals surface area contributed by atoms with Crippen LogP contribution in [-0.2, 0) is 4.79 Å². The molecular formula is C23H18Cl2N4O. The van der Waals surface area contributed by atoms with Crippen LogP contribution in [-0.4, -0.2) is 20.9 Å². The number of carbonyl (C=O) groups is 1. The first-order valence-corrected chi connectivity index (χ1v) is 10.0. The molecule has 0 bridgehead atoms. The molecule has 5 nitrogen and oxygen atoms in total. The maximum absolute atomic E-state index is 12.4. The molecule has 7 heteroatoms. The molecule has 4 rings (SSSR count). The number of carbonyl (C=O) groups excluding carboxylic acids is 1. The number of benzene rings is 3. The van der Waals surface area contributed by atoms with Crippen LogP contribution >= 0.6 is 23.2 Å². The Bertz CT molecular complexity index is 1280. The summed E-state index contributed by atoms with van der Waals surface area (Å²) < 4.78 is 0. The van der Waals surface area contributed by atoms with Gasteiger partial charge in [-0.3, -0.25) is 4.79 Å². The monoisotopic (exact) mass is 436 g/mol. The molecule has 0 fully saturated rings. The standard InChI is InChI=1S/C23H18Cl2N4O/c1-14-3-8-18(9-4-14)29-27-21-11-15(2)20(13-22(21)28-29)26-23(30)10-6-16-5-7-17(24)12-19(16)25/h3-13H,1-2H3,(H,26,30). The van der Waals surface area contributed by atoms with Crippen LogP contribution in [0.1, 0.15) is 16.7 Å². The van der Waals surface area contributed by atoms with Gasteiger partial charge in [0.2, 0.25) is 5.91 Å². The van der Waals surface area contributed by atoms with Crippen molar-refractivity contribution < 1.29 is 4.79 Å². The van der Waals surface area contributed by atoms with Gasteiger partial charge in [0.1, 0.15) is 11.0 Å². The highest BCUT2D eigenvalue weighted by molar-refractivity contribution is 6.35. The van der Waals surface area contributed by atoms with Crippen LogP contribution in [0.4, 0.5) is 5.69 Å². The summed E-state index contributed by atoms with van der Waals surface area (Å²) in [5, 5.41) is 13.0. The highest BCUT2D eigenvalue weighted by Gasteiger charge is 2.10. The summed E-state index contributed by atoms with van der Waals surface area (Å²) in [5.41, 5.74) is 5.78. The molecule has 1 amide bonds. The number of aryl methyl sites for hydroxylation is 2. The Balaban J connectivity index is 1.56.